The van der Waals surface area contributed by atoms with E-state index in [0.29, 0.717) is 12.1 Å². The highest BCUT2D eigenvalue weighted by molar-refractivity contribution is 9.10. The molecule has 0 saturated heterocycles. The largest absolute Gasteiger partial charge is 0.443 e. The molecule has 0 aliphatic carbocycles. The van der Waals surface area contributed by atoms with Crippen molar-refractivity contribution in [3.8, 4) is 0 Å². The number of hydrogen-bond donors (Lipinski definition) is 2. The van der Waals surface area contributed by atoms with Gasteiger partial charge in [0.05, 0.1) is 0 Å². The molecule has 1 atom stereocenters. The zero-order valence-electron chi connectivity index (χ0n) is 11.9. The van der Waals surface area contributed by atoms with Gasteiger partial charge in [0.2, 0.25) is 0 Å². The maximum absolute atomic E-state index is 13.9. The lowest BCUT2D eigenvalue weighted by molar-refractivity contribution is 0.0496. The van der Waals surface area contributed by atoms with Gasteiger partial charge in [-0.25, -0.2) is 14.6 Å². The third-order valence-electron chi connectivity index (χ3n) is 2.32. The van der Waals surface area contributed by atoms with Crippen LogP contribution in [0.2, 0.25) is 0 Å². The van der Waals surface area contributed by atoms with Gasteiger partial charge in [-0.2, -0.15) is 0 Å². The lowest BCUT2D eigenvalue weighted by Crippen LogP contribution is -2.41. The first kappa shape index (κ1) is 16.9. The Balaban J connectivity index is 2.26. The number of hydrazine groups is 1. The van der Waals surface area contributed by atoms with Crippen molar-refractivity contribution >= 4 is 22.0 Å². The predicted octanol–water partition coefficient (Wildman–Crippen LogP) is 3.88. The van der Waals surface area contributed by atoms with Crippen LogP contribution < -0.4 is 10.9 Å². The molecular formula is C14H20BrFN2O2. The van der Waals surface area contributed by atoms with Crippen LogP contribution in [0.5, 0.6) is 0 Å². The molecule has 0 fully saturated rings. The lowest BCUT2D eigenvalue weighted by Gasteiger charge is -2.20. The van der Waals surface area contributed by atoms with Crippen LogP contribution in [-0.4, -0.2) is 18.2 Å². The minimum atomic E-state index is -1.08. The van der Waals surface area contributed by atoms with E-state index in [1.807, 2.05) is 6.07 Å². The van der Waals surface area contributed by atoms with Crippen molar-refractivity contribution in [3.05, 3.63) is 34.3 Å². The fourth-order valence-electron chi connectivity index (χ4n) is 1.51. The van der Waals surface area contributed by atoms with Gasteiger partial charge in [0.25, 0.3) is 0 Å². The predicted molar refractivity (Wildman–Crippen MR) is 80.0 cm³/mol. The van der Waals surface area contributed by atoms with Gasteiger partial charge >= 0.3 is 6.09 Å². The van der Waals surface area contributed by atoms with Gasteiger partial charge in [-0.05, 0) is 44.9 Å². The molecule has 1 aromatic rings. The minimum absolute atomic E-state index is 0.256. The summed E-state index contributed by atoms with van der Waals surface area (Å²) in [5, 5.41) is 0. The summed E-state index contributed by atoms with van der Waals surface area (Å²) >= 11 is 3.30. The summed E-state index contributed by atoms with van der Waals surface area (Å²) in [5.41, 5.74) is 5.08. The summed E-state index contributed by atoms with van der Waals surface area (Å²) in [6.07, 6.45) is -1.40. The van der Waals surface area contributed by atoms with Crippen molar-refractivity contribution in [2.24, 2.45) is 0 Å². The Kier molecular flexibility index (Phi) is 6.42. The molecule has 6 heteroatoms. The van der Waals surface area contributed by atoms with E-state index in [1.54, 1.807) is 39.0 Å². The van der Waals surface area contributed by atoms with Crippen molar-refractivity contribution < 1.29 is 13.9 Å². The Morgan fingerprint density at radius 3 is 2.75 bits per heavy atom. The number of carbonyl (C=O) groups excluding carboxylic acids is 1. The monoisotopic (exact) mass is 346 g/mol. The summed E-state index contributed by atoms with van der Waals surface area (Å²) in [7, 11) is 0. The van der Waals surface area contributed by atoms with Crippen LogP contribution in [0, 0.1) is 0 Å². The average molecular weight is 347 g/mol. The molecule has 0 saturated carbocycles. The summed E-state index contributed by atoms with van der Waals surface area (Å²) in [6, 6.07) is 7.11. The fraction of sp³-hybridized carbons (Fsp3) is 0.500. The topological polar surface area (TPSA) is 50.4 Å². The highest BCUT2D eigenvalue weighted by Gasteiger charge is 2.16. The smallest absolute Gasteiger partial charge is 0.422 e. The molecular weight excluding hydrogens is 327 g/mol. The Bertz CT molecular complexity index is 449. The van der Waals surface area contributed by atoms with Gasteiger partial charge in [-0.1, -0.05) is 28.1 Å². The van der Waals surface area contributed by atoms with E-state index in [4.69, 9.17) is 4.74 Å². The molecule has 0 heterocycles. The Hall–Kier alpha value is -1.14. The van der Waals surface area contributed by atoms with E-state index in [1.165, 1.54) is 0 Å². The molecule has 20 heavy (non-hydrogen) atoms. The van der Waals surface area contributed by atoms with Gasteiger partial charge < -0.3 is 4.74 Å². The Labute approximate surface area is 127 Å². The summed E-state index contributed by atoms with van der Waals surface area (Å²) in [4.78, 5) is 11.3. The number of nitrogens with one attached hydrogen (secondary N) is 2. The Morgan fingerprint density at radius 1 is 1.45 bits per heavy atom. The summed E-state index contributed by atoms with van der Waals surface area (Å²) < 4.78 is 19.8. The van der Waals surface area contributed by atoms with Crippen molar-refractivity contribution in [1.29, 1.82) is 0 Å². The van der Waals surface area contributed by atoms with E-state index < -0.39 is 17.9 Å². The number of carbonyl (C=O) groups is 1. The maximum Gasteiger partial charge on any atom is 0.422 e. The number of alkyl halides is 1. The molecule has 0 aromatic heterocycles. The number of halogens is 2. The van der Waals surface area contributed by atoms with Crippen molar-refractivity contribution in [2.45, 2.75) is 39.0 Å². The van der Waals surface area contributed by atoms with E-state index in [0.717, 1.165) is 4.47 Å². The van der Waals surface area contributed by atoms with Crippen LogP contribution in [0.15, 0.2) is 28.7 Å². The molecule has 4 nitrogen and oxygen atoms in total. The maximum atomic E-state index is 13.9. The first-order valence-electron chi connectivity index (χ1n) is 6.39. The second-order valence-corrected chi connectivity index (χ2v) is 6.28. The van der Waals surface area contributed by atoms with Gasteiger partial charge in [0.15, 0.2) is 0 Å². The summed E-state index contributed by atoms with van der Waals surface area (Å²) in [5.74, 6) is 0. The quantitative estimate of drug-likeness (QED) is 0.628. The van der Waals surface area contributed by atoms with Crippen LogP contribution >= 0.6 is 15.9 Å². The first-order chi connectivity index (χ1) is 9.28. The molecule has 1 unspecified atom stereocenters. The molecule has 1 amide bonds. The van der Waals surface area contributed by atoms with Crippen LogP contribution in [0.3, 0.4) is 0 Å². The second kappa shape index (κ2) is 7.59. The van der Waals surface area contributed by atoms with Crippen LogP contribution in [0.1, 0.15) is 38.9 Å². The van der Waals surface area contributed by atoms with Crippen molar-refractivity contribution in [1.82, 2.24) is 10.9 Å². The lowest BCUT2D eigenvalue weighted by atomic mass is 10.1. The number of hydrogen-bond acceptors (Lipinski definition) is 3. The number of ether oxygens (including phenoxy) is 1. The average Bonchev–Trinajstić information content (AvgIpc) is 2.32. The zero-order valence-corrected chi connectivity index (χ0v) is 13.5. The van der Waals surface area contributed by atoms with E-state index in [2.05, 4.69) is 26.8 Å². The molecule has 1 rings (SSSR count). The van der Waals surface area contributed by atoms with Gasteiger partial charge in [0.1, 0.15) is 11.8 Å². The van der Waals surface area contributed by atoms with E-state index in [9.17, 15) is 9.18 Å². The first-order valence-corrected chi connectivity index (χ1v) is 7.18. The van der Waals surface area contributed by atoms with Gasteiger partial charge in [-0.15, -0.1) is 0 Å². The van der Waals surface area contributed by atoms with Gasteiger partial charge in [-0.3, -0.25) is 5.43 Å². The van der Waals surface area contributed by atoms with Crippen molar-refractivity contribution in [3.63, 3.8) is 0 Å². The molecule has 1 aromatic carbocycles. The second-order valence-electron chi connectivity index (χ2n) is 5.36. The van der Waals surface area contributed by atoms with E-state index >= 15 is 0 Å². The third-order valence-corrected chi connectivity index (χ3v) is 2.82. The highest BCUT2D eigenvalue weighted by atomic mass is 79.9. The Morgan fingerprint density at radius 2 is 2.15 bits per heavy atom. The molecule has 0 aliphatic heterocycles. The fourth-order valence-corrected chi connectivity index (χ4v) is 1.92. The van der Waals surface area contributed by atoms with Crippen LogP contribution in [0.4, 0.5) is 9.18 Å². The minimum Gasteiger partial charge on any atom is -0.443 e. The number of benzene rings is 1. The number of amides is 1. The van der Waals surface area contributed by atoms with Gasteiger partial charge in [0, 0.05) is 11.0 Å². The van der Waals surface area contributed by atoms with E-state index in [-0.39, 0.29) is 6.42 Å². The molecule has 0 bridgehead atoms. The molecule has 2 N–H and O–H groups in total. The third kappa shape index (κ3) is 6.86. The molecule has 0 radical (unpaired) electrons. The zero-order chi connectivity index (χ0) is 15.2. The molecule has 0 aliphatic rings. The molecule has 0 spiro atoms. The van der Waals surface area contributed by atoms with Crippen LogP contribution in [-0.2, 0) is 4.74 Å². The number of rotatable bonds is 5. The summed E-state index contributed by atoms with van der Waals surface area (Å²) in [6.45, 7) is 5.64. The standard InChI is InChI=1S/C14H20BrFN2O2/c1-14(2,3)20-13(19)18-17-8-7-12(16)10-5-4-6-11(15)9-10/h4-6,9,12,17H,7-8H2,1-3H3,(H,18,19). The highest BCUT2D eigenvalue weighted by Crippen LogP contribution is 2.23. The van der Waals surface area contributed by atoms with Crippen LogP contribution in [0.25, 0.3) is 0 Å². The SMILES string of the molecule is CC(C)(C)OC(=O)NNCCC(F)c1cccc(Br)c1. The normalized spacial score (nSPS) is 12.8. The molecule has 112 valence electrons. The van der Waals surface area contributed by atoms with Crippen molar-refractivity contribution in [2.75, 3.05) is 6.54 Å².